The number of thiophene rings is 1. The van der Waals surface area contributed by atoms with Crippen LogP contribution in [-0.2, 0) is 6.18 Å². The number of nitrogens with zero attached hydrogens (tertiary/aromatic N) is 1. The molecule has 0 saturated heterocycles. The molecule has 0 amide bonds. The van der Waals surface area contributed by atoms with Gasteiger partial charge in [-0.25, -0.2) is 9.78 Å². The molecule has 4 aromatic heterocycles. The lowest BCUT2D eigenvalue weighted by Gasteiger charge is -2.09. The largest absolute Gasteiger partial charge is 0.463 e. The monoisotopic (exact) mass is 353 g/mol. The first-order valence-corrected chi connectivity index (χ1v) is 7.37. The van der Waals surface area contributed by atoms with E-state index < -0.39 is 23.0 Å². The van der Waals surface area contributed by atoms with Crippen LogP contribution in [-0.4, -0.2) is 15.0 Å². The molecule has 4 rings (SSSR count). The van der Waals surface area contributed by atoms with Crippen LogP contribution in [0.15, 0.2) is 38.5 Å². The van der Waals surface area contributed by atoms with E-state index in [2.05, 4.69) is 9.97 Å². The highest BCUT2D eigenvalue weighted by Crippen LogP contribution is 2.41. The summed E-state index contributed by atoms with van der Waals surface area (Å²) in [7, 11) is 0. The Balaban J connectivity index is 2.21. The molecule has 0 atom stereocenters. The average Bonchev–Trinajstić information content (AvgIpc) is 3.12. The summed E-state index contributed by atoms with van der Waals surface area (Å²) in [5.41, 5.74) is -2.81. The van der Waals surface area contributed by atoms with Gasteiger partial charge in [-0.3, -0.25) is 9.78 Å². The van der Waals surface area contributed by atoms with Crippen molar-refractivity contribution < 1.29 is 17.6 Å². The zero-order valence-electron chi connectivity index (χ0n) is 11.5. The Bertz CT molecular complexity index is 1190. The second-order valence-electron chi connectivity index (χ2n) is 4.92. The Kier molecular flexibility index (Phi) is 2.94. The normalized spacial score (nSPS) is 12.3. The van der Waals surface area contributed by atoms with Gasteiger partial charge in [0.25, 0.3) is 5.56 Å². The summed E-state index contributed by atoms with van der Waals surface area (Å²) in [5.74, 6) is 0.169. The van der Waals surface area contributed by atoms with Gasteiger partial charge in [0.05, 0.1) is 17.3 Å². The van der Waals surface area contributed by atoms with Crippen molar-refractivity contribution >= 4 is 31.8 Å². The number of nitrogens with one attached hydrogen (secondary N) is 2. The van der Waals surface area contributed by atoms with Crippen molar-refractivity contribution in [2.45, 2.75) is 6.18 Å². The van der Waals surface area contributed by atoms with Crippen molar-refractivity contribution in [1.29, 1.82) is 0 Å². The molecule has 4 heterocycles. The molecule has 0 fully saturated rings. The quantitative estimate of drug-likeness (QED) is 0.550. The molecule has 0 radical (unpaired) electrons. The number of aromatic amines is 2. The fourth-order valence-corrected chi connectivity index (χ4v) is 3.51. The van der Waals surface area contributed by atoms with E-state index in [0.717, 1.165) is 17.4 Å². The molecule has 24 heavy (non-hydrogen) atoms. The summed E-state index contributed by atoms with van der Waals surface area (Å²) in [5, 5.41) is -0.305. The number of aromatic nitrogens is 3. The number of halogens is 3. The number of alkyl halides is 3. The van der Waals surface area contributed by atoms with Gasteiger partial charge in [-0.05, 0) is 18.2 Å². The van der Waals surface area contributed by atoms with Crippen LogP contribution in [0, 0.1) is 0 Å². The molecule has 6 nitrogen and oxygen atoms in total. The summed E-state index contributed by atoms with van der Waals surface area (Å²) in [6.45, 7) is 0. The lowest BCUT2D eigenvalue weighted by Crippen LogP contribution is -2.20. The number of rotatable bonds is 1. The van der Waals surface area contributed by atoms with E-state index in [1.807, 2.05) is 4.98 Å². The molecule has 0 aliphatic rings. The van der Waals surface area contributed by atoms with E-state index in [1.54, 1.807) is 0 Å². The van der Waals surface area contributed by atoms with Crippen LogP contribution in [0.25, 0.3) is 31.9 Å². The molecule has 0 aliphatic carbocycles. The first-order chi connectivity index (χ1) is 11.3. The number of H-pyrrole nitrogens is 2. The Morgan fingerprint density at radius 1 is 1.21 bits per heavy atom. The fraction of sp³-hybridized carbons (Fsp3) is 0.0714. The van der Waals surface area contributed by atoms with Crippen LogP contribution >= 0.6 is 11.3 Å². The van der Waals surface area contributed by atoms with Gasteiger partial charge < -0.3 is 9.40 Å². The van der Waals surface area contributed by atoms with Gasteiger partial charge in [-0.1, -0.05) is 0 Å². The van der Waals surface area contributed by atoms with Crippen LogP contribution in [0.4, 0.5) is 13.2 Å². The smallest absolute Gasteiger partial charge is 0.417 e. The molecule has 2 N–H and O–H groups in total. The maximum absolute atomic E-state index is 13.5. The minimum absolute atomic E-state index is 0.00911. The SMILES string of the molecule is O=c1[nH]c(=O)c2sc3nc(-c4ccco4)cc(C(F)(F)F)c3c2[nH]1. The van der Waals surface area contributed by atoms with Crippen molar-refractivity contribution in [3.8, 4) is 11.5 Å². The van der Waals surface area contributed by atoms with Crippen LogP contribution in [0.2, 0.25) is 0 Å². The average molecular weight is 353 g/mol. The van der Waals surface area contributed by atoms with Crippen LogP contribution in [0.5, 0.6) is 0 Å². The van der Waals surface area contributed by atoms with Gasteiger partial charge >= 0.3 is 11.9 Å². The number of pyridine rings is 1. The van der Waals surface area contributed by atoms with Gasteiger partial charge in [0.15, 0.2) is 5.76 Å². The van der Waals surface area contributed by atoms with Gasteiger partial charge in [0, 0.05) is 5.39 Å². The van der Waals surface area contributed by atoms with E-state index in [0.29, 0.717) is 0 Å². The molecule has 0 saturated carbocycles. The van der Waals surface area contributed by atoms with Gasteiger partial charge in [-0.15, -0.1) is 11.3 Å². The first-order valence-electron chi connectivity index (χ1n) is 6.55. The maximum Gasteiger partial charge on any atom is 0.417 e. The Morgan fingerprint density at radius 3 is 2.67 bits per heavy atom. The van der Waals surface area contributed by atoms with E-state index in [9.17, 15) is 22.8 Å². The Hall–Kier alpha value is -2.88. The van der Waals surface area contributed by atoms with Crippen LogP contribution < -0.4 is 11.2 Å². The second-order valence-corrected chi connectivity index (χ2v) is 5.92. The molecule has 0 spiro atoms. The summed E-state index contributed by atoms with van der Waals surface area (Å²) in [4.78, 5) is 31.7. The molecule has 0 aliphatic heterocycles. The lowest BCUT2D eigenvalue weighted by molar-refractivity contribution is -0.136. The predicted octanol–water partition coefficient (Wildman–Crippen LogP) is 3.10. The topological polar surface area (TPSA) is 91.8 Å². The highest BCUT2D eigenvalue weighted by atomic mass is 32.1. The Morgan fingerprint density at radius 2 is 2.00 bits per heavy atom. The van der Waals surface area contributed by atoms with Gasteiger partial charge in [-0.2, -0.15) is 13.2 Å². The van der Waals surface area contributed by atoms with Crippen LogP contribution in [0.3, 0.4) is 0 Å². The summed E-state index contributed by atoms with van der Waals surface area (Å²) < 4.78 is 45.6. The zero-order chi connectivity index (χ0) is 17.1. The minimum atomic E-state index is -4.70. The third-order valence-corrected chi connectivity index (χ3v) is 4.50. The van der Waals surface area contributed by atoms with Crippen molar-refractivity contribution in [3.05, 3.63) is 50.9 Å². The third kappa shape index (κ3) is 2.14. The highest BCUT2D eigenvalue weighted by Gasteiger charge is 2.35. The second kappa shape index (κ2) is 4.81. The van der Waals surface area contributed by atoms with Crippen molar-refractivity contribution in [2.24, 2.45) is 0 Å². The molecule has 0 aromatic carbocycles. The predicted molar refractivity (Wildman–Crippen MR) is 81.1 cm³/mol. The van der Waals surface area contributed by atoms with E-state index >= 15 is 0 Å². The van der Waals surface area contributed by atoms with Crippen molar-refractivity contribution in [2.75, 3.05) is 0 Å². The van der Waals surface area contributed by atoms with Gasteiger partial charge in [0.2, 0.25) is 0 Å². The molecular formula is C14H6F3N3O3S. The summed E-state index contributed by atoms with van der Waals surface area (Å²) in [6.07, 6.45) is -3.38. The van der Waals surface area contributed by atoms with Crippen molar-refractivity contribution in [3.63, 3.8) is 0 Å². The zero-order valence-corrected chi connectivity index (χ0v) is 12.3. The van der Waals surface area contributed by atoms with Crippen LogP contribution in [0.1, 0.15) is 5.56 Å². The third-order valence-electron chi connectivity index (χ3n) is 3.41. The summed E-state index contributed by atoms with van der Waals surface area (Å²) in [6, 6.07) is 3.85. The molecule has 0 unspecified atom stereocenters. The number of fused-ring (bicyclic) bond motifs is 3. The lowest BCUT2D eigenvalue weighted by atomic mass is 10.1. The highest BCUT2D eigenvalue weighted by molar-refractivity contribution is 7.25. The van der Waals surface area contributed by atoms with E-state index in [-0.39, 0.29) is 31.9 Å². The fourth-order valence-electron chi connectivity index (χ4n) is 2.46. The van der Waals surface area contributed by atoms with E-state index in [1.165, 1.54) is 18.4 Å². The maximum atomic E-state index is 13.5. The van der Waals surface area contributed by atoms with Gasteiger partial charge in [0.1, 0.15) is 15.2 Å². The van der Waals surface area contributed by atoms with Crippen molar-refractivity contribution in [1.82, 2.24) is 15.0 Å². The number of hydrogen-bond donors (Lipinski definition) is 2. The number of furan rings is 1. The molecule has 4 aromatic rings. The minimum Gasteiger partial charge on any atom is -0.463 e. The first kappa shape index (κ1) is 14.7. The Labute approximate surface area is 133 Å². The summed E-state index contributed by atoms with van der Waals surface area (Å²) >= 11 is 0.772. The molecular weight excluding hydrogens is 347 g/mol. The molecule has 10 heteroatoms. The number of hydrogen-bond acceptors (Lipinski definition) is 5. The molecule has 122 valence electrons. The standard InChI is InChI=1S/C14H6F3N3O3S/c15-14(16,17)5-4-6(7-2-1-3-23-7)18-12-8(5)9-10(24-12)11(21)20-13(22)19-9/h1-4H,(H2,19,20,21,22). The molecule has 0 bridgehead atoms. The van der Waals surface area contributed by atoms with E-state index in [4.69, 9.17) is 4.42 Å².